The van der Waals surface area contributed by atoms with Gasteiger partial charge < -0.3 is 15.0 Å². The first-order valence-corrected chi connectivity index (χ1v) is 10.1. The van der Waals surface area contributed by atoms with E-state index in [4.69, 9.17) is 0 Å². The van der Waals surface area contributed by atoms with Gasteiger partial charge in [0.25, 0.3) is 0 Å². The van der Waals surface area contributed by atoms with Crippen LogP contribution in [0, 0.1) is 12.7 Å². The Hall–Kier alpha value is -2.38. The molecule has 2 N–H and O–H groups in total. The number of carbonyl (C=O) groups is 1. The average molecular weight is 384 g/mol. The SMILES string of the molecule is Cc1ccc2nc(CSCC(=O)Nc3ccc4c(c3F)CCNC4)cn2c1. The molecular weight excluding hydrogens is 363 g/mol. The molecule has 1 amide bonds. The van der Waals surface area contributed by atoms with Crippen molar-refractivity contribution in [1.29, 1.82) is 0 Å². The van der Waals surface area contributed by atoms with E-state index < -0.39 is 0 Å². The van der Waals surface area contributed by atoms with E-state index >= 15 is 0 Å². The largest absolute Gasteiger partial charge is 0.323 e. The number of benzene rings is 1. The maximum atomic E-state index is 14.6. The molecule has 140 valence electrons. The lowest BCUT2D eigenvalue weighted by Gasteiger charge is -2.19. The highest BCUT2D eigenvalue weighted by Crippen LogP contribution is 2.25. The molecule has 0 saturated carbocycles. The van der Waals surface area contributed by atoms with E-state index in [1.165, 1.54) is 17.3 Å². The summed E-state index contributed by atoms with van der Waals surface area (Å²) < 4.78 is 16.6. The summed E-state index contributed by atoms with van der Waals surface area (Å²) in [6, 6.07) is 7.53. The van der Waals surface area contributed by atoms with Gasteiger partial charge >= 0.3 is 0 Å². The van der Waals surface area contributed by atoms with Crippen LogP contribution in [0.1, 0.15) is 22.4 Å². The van der Waals surface area contributed by atoms with Crippen LogP contribution in [0.4, 0.5) is 10.1 Å². The molecule has 0 bridgehead atoms. The summed E-state index contributed by atoms with van der Waals surface area (Å²) in [5.74, 6) is 0.382. The predicted molar refractivity (Wildman–Crippen MR) is 107 cm³/mol. The molecule has 0 unspecified atom stereocenters. The highest BCUT2D eigenvalue weighted by atomic mass is 32.2. The number of amides is 1. The predicted octanol–water partition coefficient (Wildman–Crippen LogP) is 3.30. The van der Waals surface area contributed by atoms with Crippen molar-refractivity contribution < 1.29 is 9.18 Å². The fourth-order valence-electron chi connectivity index (χ4n) is 3.29. The molecule has 27 heavy (non-hydrogen) atoms. The van der Waals surface area contributed by atoms with Crippen molar-refractivity contribution in [2.45, 2.75) is 25.6 Å². The van der Waals surface area contributed by atoms with E-state index in [1.807, 2.05) is 41.9 Å². The number of hydrogen-bond acceptors (Lipinski definition) is 4. The Morgan fingerprint density at radius 3 is 3.11 bits per heavy atom. The van der Waals surface area contributed by atoms with Gasteiger partial charge in [-0.25, -0.2) is 9.37 Å². The summed E-state index contributed by atoms with van der Waals surface area (Å²) in [7, 11) is 0. The van der Waals surface area contributed by atoms with Crippen LogP contribution < -0.4 is 10.6 Å². The molecule has 7 heteroatoms. The second-order valence-electron chi connectivity index (χ2n) is 6.74. The molecule has 1 aliphatic heterocycles. The first kappa shape index (κ1) is 18.0. The van der Waals surface area contributed by atoms with Gasteiger partial charge in [0.2, 0.25) is 5.91 Å². The van der Waals surface area contributed by atoms with Crippen LogP contribution in [0.3, 0.4) is 0 Å². The quantitative estimate of drug-likeness (QED) is 0.709. The Morgan fingerprint density at radius 1 is 1.33 bits per heavy atom. The molecule has 2 aromatic heterocycles. The number of aromatic nitrogens is 2. The monoisotopic (exact) mass is 384 g/mol. The number of rotatable bonds is 5. The molecule has 0 fully saturated rings. The number of imidazole rings is 1. The Kier molecular flexibility index (Phi) is 5.13. The van der Waals surface area contributed by atoms with Crippen LogP contribution in [0.15, 0.2) is 36.7 Å². The molecule has 0 atom stereocenters. The van der Waals surface area contributed by atoms with Gasteiger partial charge in [-0.1, -0.05) is 12.1 Å². The van der Waals surface area contributed by atoms with Gasteiger partial charge in [-0.3, -0.25) is 4.79 Å². The topological polar surface area (TPSA) is 58.4 Å². The van der Waals surface area contributed by atoms with E-state index in [9.17, 15) is 9.18 Å². The van der Waals surface area contributed by atoms with Gasteiger partial charge in [-0.2, -0.15) is 0 Å². The molecule has 5 nitrogen and oxygen atoms in total. The molecule has 3 heterocycles. The second kappa shape index (κ2) is 7.70. The van der Waals surface area contributed by atoms with Crippen LogP contribution in [-0.4, -0.2) is 27.6 Å². The minimum atomic E-state index is -0.303. The fourth-order valence-corrected chi connectivity index (χ4v) is 4.00. The minimum Gasteiger partial charge on any atom is -0.323 e. The lowest BCUT2D eigenvalue weighted by Crippen LogP contribution is -2.25. The summed E-state index contributed by atoms with van der Waals surface area (Å²) in [5, 5.41) is 5.92. The lowest BCUT2D eigenvalue weighted by atomic mass is 9.99. The highest BCUT2D eigenvalue weighted by Gasteiger charge is 2.17. The highest BCUT2D eigenvalue weighted by molar-refractivity contribution is 7.99. The van der Waals surface area contributed by atoms with Crippen molar-refractivity contribution in [2.24, 2.45) is 0 Å². The molecule has 3 aromatic rings. The molecule has 0 spiro atoms. The van der Waals surface area contributed by atoms with Gasteiger partial charge in [0.1, 0.15) is 11.5 Å². The lowest BCUT2D eigenvalue weighted by molar-refractivity contribution is -0.113. The number of carbonyl (C=O) groups excluding carboxylic acids is 1. The third-order valence-electron chi connectivity index (χ3n) is 4.61. The summed E-state index contributed by atoms with van der Waals surface area (Å²) in [5.41, 5.74) is 4.93. The van der Waals surface area contributed by atoms with Crippen molar-refractivity contribution in [3.05, 3.63) is 64.9 Å². The minimum absolute atomic E-state index is 0.201. The molecule has 0 aliphatic carbocycles. The van der Waals surface area contributed by atoms with Gasteiger partial charge in [0.05, 0.1) is 17.1 Å². The Balaban J connectivity index is 1.34. The number of hydrogen-bond donors (Lipinski definition) is 2. The van der Waals surface area contributed by atoms with E-state index in [1.54, 1.807) is 6.07 Å². The standard InChI is InChI=1S/C20H21FN4OS/c1-13-2-5-18-23-15(10-25(18)9-13)11-27-12-19(26)24-17-4-3-14-8-22-7-6-16(14)20(17)21/h2-5,9-10,22H,6-8,11-12H2,1H3,(H,24,26). The van der Waals surface area contributed by atoms with Gasteiger partial charge in [-0.15, -0.1) is 11.8 Å². The summed E-state index contributed by atoms with van der Waals surface area (Å²) >= 11 is 1.47. The van der Waals surface area contributed by atoms with E-state index in [0.717, 1.165) is 23.4 Å². The second-order valence-corrected chi connectivity index (χ2v) is 7.72. The number of nitrogens with zero attached hydrogens (tertiary/aromatic N) is 2. The molecule has 0 saturated heterocycles. The Labute approximate surface area is 161 Å². The van der Waals surface area contributed by atoms with Crippen LogP contribution in [-0.2, 0) is 23.5 Å². The van der Waals surface area contributed by atoms with Crippen LogP contribution >= 0.6 is 11.8 Å². The normalized spacial score (nSPS) is 13.6. The number of nitrogens with one attached hydrogen (secondary N) is 2. The van der Waals surface area contributed by atoms with Crippen molar-refractivity contribution in [3.63, 3.8) is 0 Å². The maximum absolute atomic E-state index is 14.6. The zero-order valence-electron chi connectivity index (χ0n) is 15.1. The van der Waals surface area contributed by atoms with Crippen LogP contribution in [0.25, 0.3) is 5.65 Å². The molecule has 4 rings (SSSR count). The number of pyridine rings is 1. The van der Waals surface area contributed by atoms with Gasteiger partial charge in [0, 0.05) is 24.7 Å². The molecule has 0 radical (unpaired) electrons. The van der Waals surface area contributed by atoms with Gasteiger partial charge in [0.15, 0.2) is 0 Å². The number of halogens is 1. The number of thioether (sulfide) groups is 1. The average Bonchev–Trinajstić information content (AvgIpc) is 3.06. The van der Waals surface area contributed by atoms with Crippen LogP contribution in [0.2, 0.25) is 0 Å². The van der Waals surface area contributed by atoms with Crippen molar-refractivity contribution in [2.75, 3.05) is 17.6 Å². The first-order chi connectivity index (χ1) is 13.1. The van der Waals surface area contributed by atoms with E-state index in [-0.39, 0.29) is 23.2 Å². The summed E-state index contributed by atoms with van der Waals surface area (Å²) in [6.07, 6.45) is 4.65. The third kappa shape index (κ3) is 3.99. The zero-order chi connectivity index (χ0) is 18.8. The summed E-state index contributed by atoms with van der Waals surface area (Å²) in [4.78, 5) is 16.7. The molecule has 1 aliphatic rings. The number of fused-ring (bicyclic) bond motifs is 2. The third-order valence-corrected chi connectivity index (χ3v) is 5.58. The Morgan fingerprint density at radius 2 is 2.22 bits per heavy atom. The van der Waals surface area contributed by atoms with Crippen molar-refractivity contribution in [3.8, 4) is 0 Å². The molecular formula is C20H21FN4OS. The summed E-state index contributed by atoms with van der Waals surface area (Å²) in [6.45, 7) is 3.47. The van der Waals surface area contributed by atoms with Crippen molar-refractivity contribution >= 4 is 29.0 Å². The smallest absolute Gasteiger partial charge is 0.234 e. The Bertz CT molecular complexity index is 1000. The number of anilines is 1. The molecule has 1 aromatic carbocycles. The fraction of sp³-hybridized carbons (Fsp3) is 0.300. The van der Waals surface area contributed by atoms with E-state index in [2.05, 4.69) is 15.6 Å². The number of aryl methyl sites for hydroxylation is 1. The van der Waals surface area contributed by atoms with Crippen LogP contribution in [0.5, 0.6) is 0 Å². The zero-order valence-corrected chi connectivity index (χ0v) is 15.9. The first-order valence-electron chi connectivity index (χ1n) is 8.93. The maximum Gasteiger partial charge on any atom is 0.234 e. The van der Waals surface area contributed by atoms with Crippen molar-refractivity contribution in [1.82, 2.24) is 14.7 Å². The van der Waals surface area contributed by atoms with Gasteiger partial charge in [-0.05, 0) is 48.7 Å². The van der Waals surface area contributed by atoms with E-state index in [0.29, 0.717) is 24.3 Å².